The zero-order chi connectivity index (χ0) is 24.9. The fourth-order valence-corrected chi connectivity index (χ4v) is 4.50. The number of nitrogens with one attached hydrogen (secondary N) is 1. The van der Waals surface area contributed by atoms with Crippen LogP contribution in [0.15, 0.2) is 0 Å². The molecule has 0 aromatic rings. The van der Waals surface area contributed by atoms with E-state index < -0.39 is 11.7 Å². The van der Waals surface area contributed by atoms with E-state index in [1.165, 1.54) is 0 Å². The minimum absolute atomic E-state index is 0.0172. The first kappa shape index (κ1) is 27.9. The van der Waals surface area contributed by atoms with Crippen LogP contribution in [0.4, 0.5) is 9.59 Å². The number of carbonyl (C=O) groups excluding carboxylic acids is 3. The van der Waals surface area contributed by atoms with Gasteiger partial charge in [-0.05, 0) is 93.9 Å². The summed E-state index contributed by atoms with van der Waals surface area (Å²) in [5.74, 6) is 0.560. The molecular weight excluding hydrogens is 412 g/mol. The van der Waals surface area contributed by atoms with Crippen LogP contribution in [0, 0.1) is 11.8 Å². The second kappa shape index (κ2) is 11.1. The van der Waals surface area contributed by atoms with Crippen molar-refractivity contribution in [3.63, 3.8) is 0 Å². The SMILES string of the molecule is CC(=O)[C@@H]1CC[C@H](NC(=O)O)C1.CC(=O)[C@H]1CC[C@@H](N(C(=O)OC(C)(C)C)C(C)(C)C)C1. The van der Waals surface area contributed by atoms with Gasteiger partial charge in [-0.2, -0.15) is 0 Å². The molecule has 0 spiro atoms. The topological polar surface area (TPSA) is 113 Å². The van der Waals surface area contributed by atoms with Gasteiger partial charge in [-0.3, -0.25) is 9.59 Å². The lowest BCUT2D eigenvalue weighted by atomic mass is 10.0. The Morgan fingerprint density at radius 2 is 1.34 bits per heavy atom. The fraction of sp³-hybridized carbons (Fsp3) is 0.833. The zero-order valence-corrected chi connectivity index (χ0v) is 21.0. The van der Waals surface area contributed by atoms with Crippen LogP contribution in [0.5, 0.6) is 0 Å². The standard InChI is InChI=1S/C16H29NO3.C8H13NO3/c1-11(18)12-8-9-13(10-12)17(15(2,3)4)14(19)20-16(5,6)7;1-5(10)6-2-3-7(4-6)9-8(11)12/h12-13H,8-10H2,1-7H3;6-7,9H,2-4H2,1H3,(H,11,12)/t12-,13+;6-,7+/m01/s1. The molecular formula is C24H42N2O6. The van der Waals surface area contributed by atoms with E-state index >= 15 is 0 Å². The van der Waals surface area contributed by atoms with Crippen LogP contribution < -0.4 is 5.32 Å². The summed E-state index contributed by atoms with van der Waals surface area (Å²) in [6.45, 7) is 14.9. The summed E-state index contributed by atoms with van der Waals surface area (Å²) in [7, 11) is 0. The molecule has 8 heteroatoms. The van der Waals surface area contributed by atoms with Crippen molar-refractivity contribution >= 4 is 23.8 Å². The van der Waals surface area contributed by atoms with E-state index in [1.807, 2.05) is 46.4 Å². The van der Waals surface area contributed by atoms with Gasteiger partial charge >= 0.3 is 12.2 Å². The second-order valence-electron chi connectivity index (χ2n) is 11.1. The highest BCUT2D eigenvalue weighted by atomic mass is 16.6. The number of hydrogen-bond donors (Lipinski definition) is 2. The maximum Gasteiger partial charge on any atom is 0.410 e. The molecule has 2 fully saturated rings. The first-order valence-electron chi connectivity index (χ1n) is 11.5. The van der Waals surface area contributed by atoms with Crippen LogP contribution in [0.25, 0.3) is 0 Å². The first-order valence-corrected chi connectivity index (χ1v) is 11.5. The average Bonchev–Trinajstić information content (AvgIpc) is 3.21. The number of carbonyl (C=O) groups is 4. The number of ether oxygens (including phenoxy) is 1. The third kappa shape index (κ3) is 9.17. The highest BCUT2D eigenvalue weighted by Crippen LogP contribution is 2.34. The maximum absolute atomic E-state index is 12.5. The Labute approximate surface area is 192 Å². The number of nitrogens with zero attached hydrogens (tertiary/aromatic N) is 1. The smallest absolute Gasteiger partial charge is 0.410 e. The van der Waals surface area contributed by atoms with Gasteiger partial charge in [0.15, 0.2) is 0 Å². The van der Waals surface area contributed by atoms with Gasteiger partial charge in [-0.25, -0.2) is 9.59 Å². The largest absolute Gasteiger partial charge is 0.465 e. The van der Waals surface area contributed by atoms with Gasteiger partial charge in [0.25, 0.3) is 0 Å². The molecule has 0 aromatic heterocycles. The Balaban J connectivity index is 0.000000363. The van der Waals surface area contributed by atoms with Crippen molar-refractivity contribution in [1.29, 1.82) is 0 Å². The molecule has 184 valence electrons. The molecule has 2 saturated carbocycles. The predicted molar refractivity (Wildman–Crippen MR) is 123 cm³/mol. The van der Waals surface area contributed by atoms with Crippen molar-refractivity contribution in [3.05, 3.63) is 0 Å². The summed E-state index contributed by atoms with van der Waals surface area (Å²) < 4.78 is 5.54. The predicted octanol–water partition coefficient (Wildman–Crippen LogP) is 4.79. The van der Waals surface area contributed by atoms with Crippen LogP contribution in [-0.2, 0) is 14.3 Å². The van der Waals surface area contributed by atoms with Crippen molar-refractivity contribution in [1.82, 2.24) is 10.2 Å². The van der Waals surface area contributed by atoms with E-state index in [0.29, 0.717) is 6.42 Å². The lowest BCUT2D eigenvalue weighted by Crippen LogP contribution is -2.52. The molecule has 0 aromatic carbocycles. The summed E-state index contributed by atoms with van der Waals surface area (Å²) >= 11 is 0. The molecule has 0 heterocycles. The number of hydrogen-bond acceptors (Lipinski definition) is 5. The Morgan fingerprint density at radius 3 is 1.72 bits per heavy atom. The van der Waals surface area contributed by atoms with E-state index in [0.717, 1.165) is 32.1 Å². The number of Topliss-reactive ketones (excluding diaryl/α,β-unsaturated/α-hetero) is 2. The summed E-state index contributed by atoms with van der Waals surface area (Å²) in [5, 5.41) is 10.8. The third-order valence-electron chi connectivity index (χ3n) is 5.99. The minimum atomic E-state index is -0.996. The Bertz CT molecular complexity index is 692. The van der Waals surface area contributed by atoms with Crippen LogP contribution in [0.1, 0.15) is 93.9 Å². The number of amides is 2. The van der Waals surface area contributed by atoms with Gasteiger partial charge in [0.2, 0.25) is 0 Å². The Hall–Kier alpha value is -2.12. The lowest BCUT2D eigenvalue weighted by Gasteiger charge is -2.41. The van der Waals surface area contributed by atoms with Crippen molar-refractivity contribution in [3.8, 4) is 0 Å². The van der Waals surface area contributed by atoms with Gasteiger partial charge in [0.05, 0.1) is 0 Å². The summed E-state index contributed by atoms with van der Waals surface area (Å²) in [6.07, 6.45) is 3.50. The fourth-order valence-electron chi connectivity index (χ4n) is 4.50. The minimum Gasteiger partial charge on any atom is -0.465 e. The van der Waals surface area contributed by atoms with Crippen LogP contribution in [-0.4, -0.2) is 57.0 Å². The molecule has 0 radical (unpaired) electrons. The van der Waals surface area contributed by atoms with Gasteiger partial charge in [-0.1, -0.05) is 0 Å². The summed E-state index contributed by atoms with van der Waals surface area (Å²) in [5.41, 5.74) is -0.808. The van der Waals surface area contributed by atoms with E-state index in [-0.39, 0.29) is 47.1 Å². The van der Waals surface area contributed by atoms with E-state index in [1.54, 1.807) is 13.8 Å². The molecule has 8 nitrogen and oxygen atoms in total. The van der Waals surface area contributed by atoms with Gasteiger partial charge in [0, 0.05) is 29.5 Å². The highest BCUT2D eigenvalue weighted by molar-refractivity contribution is 5.79. The highest BCUT2D eigenvalue weighted by Gasteiger charge is 2.40. The van der Waals surface area contributed by atoms with Crippen molar-refractivity contribution in [2.75, 3.05) is 0 Å². The molecule has 0 bridgehead atoms. The molecule has 2 amide bonds. The average molecular weight is 455 g/mol. The molecule has 2 N–H and O–H groups in total. The molecule has 0 aliphatic heterocycles. The number of rotatable bonds is 4. The molecule has 0 saturated heterocycles. The lowest BCUT2D eigenvalue weighted by molar-refractivity contribution is -0.121. The summed E-state index contributed by atoms with van der Waals surface area (Å²) in [6, 6.07) is 0.0788. The van der Waals surface area contributed by atoms with Crippen molar-refractivity contribution < 1.29 is 29.0 Å². The molecule has 2 rings (SSSR count). The third-order valence-corrected chi connectivity index (χ3v) is 5.99. The summed E-state index contributed by atoms with van der Waals surface area (Å²) in [4.78, 5) is 47.0. The normalized spacial score (nSPS) is 25.4. The molecule has 4 atom stereocenters. The second-order valence-corrected chi connectivity index (χ2v) is 11.1. The molecule has 32 heavy (non-hydrogen) atoms. The van der Waals surface area contributed by atoms with Gasteiger partial charge in [0.1, 0.15) is 17.2 Å². The van der Waals surface area contributed by atoms with E-state index in [4.69, 9.17) is 9.84 Å². The van der Waals surface area contributed by atoms with Gasteiger partial charge < -0.3 is 20.1 Å². The van der Waals surface area contributed by atoms with Crippen LogP contribution in [0.3, 0.4) is 0 Å². The monoisotopic (exact) mass is 454 g/mol. The molecule has 0 unspecified atom stereocenters. The number of carboxylic acid groups (broad SMARTS) is 1. The quantitative estimate of drug-likeness (QED) is 0.631. The van der Waals surface area contributed by atoms with E-state index in [9.17, 15) is 19.2 Å². The number of ketones is 2. The van der Waals surface area contributed by atoms with Gasteiger partial charge in [-0.15, -0.1) is 0 Å². The molecule has 2 aliphatic rings. The molecule has 2 aliphatic carbocycles. The maximum atomic E-state index is 12.5. The zero-order valence-electron chi connectivity index (χ0n) is 21.0. The van der Waals surface area contributed by atoms with Crippen LogP contribution in [0.2, 0.25) is 0 Å². The van der Waals surface area contributed by atoms with Crippen molar-refractivity contribution in [2.24, 2.45) is 11.8 Å². The Kier molecular flexibility index (Phi) is 9.72. The van der Waals surface area contributed by atoms with Crippen LogP contribution >= 0.6 is 0 Å². The first-order chi connectivity index (χ1) is 14.5. The van der Waals surface area contributed by atoms with E-state index in [2.05, 4.69) is 5.32 Å². The van der Waals surface area contributed by atoms with Crippen molar-refractivity contribution in [2.45, 2.75) is 117 Å². The Morgan fingerprint density at radius 1 is 0.844 bits per heavy atom.